The first kappa shape index (κ1) is 83.4. The van der Waals surface area contributed by atoms with E-state index in [-0.39, 0.29) is 11.8 Å². The Morgan fingerprint density at radius 1 is 0.116 bits per heavy atom. The number of hydrogen-bond donors (Lipinski definition) is 6. The van der Waals surface area contributed by atoms with Gasteiger partial charge >= 0.3 is 0 Å². The Labute approximate surface area is 840 Å². The summed E-state index contributed by atoms with van der Waals surface area (Å²) in [6, 6.07) is 144. The van der Waals surface area contributed by atoms with Gasteiger partial charge in [-0.25, -0.2) is 29.9 Å². The highest BCUT2D eigenvalue weighted by Crippen LogP contribution is 2.59. The van der Waals surface area contributed by atoms with Crippen molar-refractivity contribution in [3.8, 4) is 134 Å². The number of rotatable bonds is 12. The number of hydrogen-bond acceptors (Lipinski definition) is 6. The van der Waals surface area contributed by atoms with E-state index < -0.39 is 0 Å². The fourth-order valence-corrected chi connectivity index (χ4v) is 23.4. The molecule has 0 atom stereocenters. The maximum absolute atomic E-state index is 5.91. The normalized spacial score (nSPS) is 13.7. The quantitative estimate of drug-likeness (QED) is 0.0711. The summed E-state index contributed by atoms with van der Waals surface area (Å²) in [6.45, 7) is 0. The minimum atomic E-state index is -0.319. The second-order valence-corrected chi connectivity index (χ2v) is 38.2. The number of fused-ring (bicyclic) bond motifs is 24. The van der Waals surface area contributed by atoms with Crippen LogP contribution in [0.3, 0.4) is 0 Å². The molecule has 30 rings (SSSR count). The summed E-state index contributed by atoms with van der Waals surface area (Å²) < 4.78 is 0. The maximum atomic E-state index is 5.91. The zero-order chi connectivity index (χ0) is 96.0. The lowest BCUT2D eigenvalue weighted by Gasteiger charge is -2.43. The lowest BCUT2D eigenvalue weighted by atomic mass is 9.60. The first-order chi connectivity index (χ1) is 72.3. The topological polar surface area (TPSA) is 172 Å². The minimum absolute atomic E-state index is 0.271. The Hall–Kier alpha value is -19.6. The Bertz CT molecular complexity index is 9330. The van der Waals surface area contributed by atoms with E-state index in [1.165, 1.54) is 33.4 Å². The first-order valence-electron chi connectivity index (χ1n) is 49.8. The lowest BCUT2D eigenvalue weighted by molar-refractivity contribution is 0.755. The van der Waals surface area contributed by atoms with E-state index >= 15 is 0 Å². The number of nitrogens with one attached hydrogen (secondary N) is 6. The molecular weight excluding hydrogens is 1780 g/mol. The van der Waals surface area contributed by atoms with E-state index in [0.717, 1.165) is 268 Å². The Balaban J connectivity index is 0.689. The van der Waals surface area contributed by atoms with Crippen molar-refractivity contribution in [2.75, 3.05) is 0 Å². The van der Waals surface area contributed by atoms with Crippen LogP contribution in [0.2, 0.25) is 0 Å². The van der Waals surface area contributed by atoms with Crippen LogP contribution in [0.15, 0.2) is 400 Å². The highest BCUT2D eigenvalue weighted by Gasteiger charge is 2.43. The molecule has 0 fully saturated rings. The van der Waals surface area contributed by atoms with Gasteiger partial charge in [0.1, 0.15) is 0 Å². The van der Waals surface area contributed by atoms with Crippen molar-refractivity contribution in [1.29, 1.82) is 0 Å². The number of nitrogens with zero attached hydrogens (tertiary/aromatic N) is 6. The molecule has 15 heterocycles. The molecule has 3 aliphatic carbocycles. The van der Waals surface area contributed by atoms with Gasteiger partial charge in [0.05, 0.1) is 68.3 Å². The average Bonchev–Trinajstić information content (AvgIpc) is 1.24. The molecule has 12 aromatic carbocycles. The molecule has 6 N–H and O–H groups in total. The third-order valence-corrected chi connectivity index (χ3v) is 29.8. The monoisotopic (exact) mass is 1860 g/mol. The van der Waals surface area contributed by atoms with E-state index in [2.05, 4.69) is 503 Å². The fourth-order valence-electron chi connectivity index (χ4n) is 23.4. The summed E-state index contributed by atoms with van der Waals surface area (Å²) >= 11 is 0. The average molecular weight is 1860 g/mol. The van der Waals surface area contributed by atoms with Crippen LogP contribution in [-0.2, 0) is 0 Å². The van der Waals surface area contributed by atoms with Crippen LogP contribution in [0.25, 0.3) is 273 Å². The molecule has 0 unspecified atom stereocenters. The van der Waals surface area contributed by atoms with Crippen molar-refractivity contribution in [1.82, 2.24) is 59.8 Å². The van der Waals surface area contributed by atoms with Crippen molar-refractivity contribution in [2.45, 2.75) is 11.8 Å². The first-order valence-corrected chi connectivity index (χ1v) is 49.8. The Morgan fingerprint density at radius 3 is 0.377 bits per heavy atom. The smallest absolute Gasteiger partial charge is 0.0737 e. The number of H-pyrrole nitrogens is 6. The second kappa shape index (κ2) is 34.2. The molecule has 0 spiro atoms. The predicted molar refractivity (Wildman–Crippen MR) is 604 cm³/mol. The standard InChI is InChI=1S/C134H86N12/c1-10-28-79(29-11-1)121-97-52-58-103(135-97)124(82-34-16-4-17-35-82)109-64-70-115(141-109)130(116-71-65-110(142-116)125(83-36-18-5-19-37-83)104-59-53-98(121)136-104)88-48-51-93-94(76-88)133-91-49-46-89(131-117-72-66-111(143-117)126(84-38-20-6-21-39-84)105-60-54-99(137-105)122(80-30-12-2-13-31-80)100-55-61-106(138-100)127(85-40-22-7-23-41-85)112-67-73-118(131)144-112)77-95(91)134(93)96-78-90(47-50-92(96)133)132-119-74-68-113(145-119)128(86-42-24-8-25-43-86)107-62-56-101(139-107)123(81-32-14-3-15-33-81)102-57-63-108(140-102)129(87-44-26-9-27-45-87)114-69-75-120(132)146-114/h1-78,133-135,137,139,142,144,146H. The third kappa shape index (κ3) is 14.0. The molecule has 6 aliphatic heterocycles. The summed E-state index contributed by atoms with van der Waals surface area (Å²) in [5.74, 6) is -0.590. The van der Waals surface area contributed by atoms with Crippen LogP contribution in [0, 0.1) is 0 Å². The van der Waals surface area contributed by atoms with E-state index in [9.17, 15) is 0 Å². The summed E-state index contributed by atoms with van der Waals surface area (Å²) in [4.78, 5) is 59.0. The molecule has 9 aliphatic rings. The van der Waals surface area contributed by atoms with Crippen LogP contribution in [0.5, 0.6) is 0 Å². The summed E-state index contributed by atoms with van der Waals surface area (Å²) in [7, 11) is 0. The molecular formula is C134H86N12. The van der Waals surface area contributed by atoms with Gasteiger partial charge in [0.2, 0.25) is 0 Å². The number of aromatic nitrogens is 12. The Morgan fingerprint density at radius 2 is 0.240 bits per heavy atom. The Kier molecular flexibility index (Phi) is 19.5. The maximum Gasteiger partial charge on any atom is 0.0737 e. The van der Waals surface area contributed by atoms with Gasteiger partial charge < -0.3 is 29.9 Å². The molecule has 0 saturated heterocycles. The SMILES string of the molecule is C1=Cc2nc1c(-c1ccccc1)c1ccc([nH]1)c(-c1ccccc1)c1nc(c(-c3ccc4c(c3)C3c5ccc(-c6c7nc(c(-c8ccccc8)c8ccc([nH]8)c(-c8ccccc8)c8nc(c(-c9ccccc9)c9ccc6[nH]9)C=C8)C=C7)cc5C4c4cc(-c5c6nc(c(-c7ccccc7)c7ccc([nH]7)c(-c7ccccc7)c7nc(c(-c8ccccc8)c8ccc5[nH]8)C=C7)C=C6)ccc43)c3ccc([nH]3)c2-c2ccccc2)C=C1. The van der Waals surface area contributed by atoms with Crippen LogP contribution in [-0.4, -0.2) is 59.8 Å². The van der Waals surface area contributed by atoms with E-state index in [4.69, 9.17) is 29.9 Å². The fraction of sp³-hybridized carbons (Fsp3) is 0.0149. The highest BCUT2D eigenvalue weighted by atomic mass is 14.8. The van der Waals surface area contributed by atoms with Gasteiger partial charge in [-0.15, -0.1) is 0 Å². The lowest BCUT2D eigenvalue weighted by Crippen LogP contribution is -2.27. The van der Waals surface area contributed by atoms with Gasteiger partial charge in [-0.1, -0.05) is 309 Å². The summed E-state index contributed by atoms with van der Waals surface area (Å²) in [5, 5.41) is 0. The van der Waals surface area contributed by atoms with Crippen molar-refractivity contribution in [3.05, 3.63) is 502 Å². The third-order valence-electron chi connectivity index (χ3n) is 29.8. The van der Waals surface area contributed by atoms with Gasteiger partial charge in [0.15, 0.2) is 0 Å². The molecule has 26 bridgehead atoms. The van der Waals surface area contributed by atoms with Crippen molar-refractivity contribution < 1.29 is 0 Å². The predicted octanol–water partition coefficient (Wildman–Crippen LogP) is 33.6. The molecule has 0 saturated carbocycles. The van der Waals surface area contributed by atoms with Crippen molar-refractivity contribution in [2.24, 2.45) is 0 Å². The van der Waals surface area contributed by atoms with E-state index in [0.29, 0.717) is 0 Å². The van der Waals surface area contributed by atoms with Crippen LogP contribution >= 0.6 is 0 Å². The van der Waals surface area contributed by atoms with Crippen LogP contribution in [0.4, 0.5) is 0 Å². The molecule has 0 amide bonds. The molecule has 9 aromatic heterocycles. The minimum Gasteiger partial charge on any atom is -0.354 e. The van der Waals surface area contributed by atoms with Crippen molar-refractivity contribution >= 4 is 139 Å². The molecule has 12 heteroatoms. The van der Waals surface area contributed by atoms with Gasteiger partial charge in [-0.2, -0.15) is 0 Å². The molecule has 0 radical (unpaired) electrons. The largest absolute Gasteiger partial charge is 0.354 e. The van der Waals surface area contributed by atoms with Gasteiger partial charge in [0.25, 0.3) is 0 Å². The number of benzene rings is 12. The number of aromatic amines is 6. The molecule has 146 heavy (non-hydrogen) atoms. The summed E-state index contributed by atoms with van der Waals surface area (Å²) in [5.41, 5.74) is 52.6. The summed E-state index contributed by atoms with van der Waals surface area (Å²) in [6.07, 6.45) is 26.3. The van der Waals surface area contributed by atoms with Crippen molar-refractivity contribution in [3.63, 3.8) is 0 Å². The zero-order valence-electron chi connectivity index (χ0n) is 78.9. The zero-order valence-corrected chi connectivity index (χ0v) is 78.9. The van der Waals surface area contributed by atoms with Gasteiger partial charge in [-0.05, 0) is 264 Å². The van der Waals surface area contributed by atoms with Gasteiger partial charge in [0, 0.05) is 145 Å². The molecule has 21 aromatic rings. The second-order valence-electron chi connectivity index (χ2n) is 38.2. The highest BCUT2D eigenvalue weighted by molar-refractivity contribution is 6.07. The molecule has 682 valence electrons. The van der Waals surface area contributed by atoms with E-state index in [1.807, 2.05) is 0 Å². The van der Waals surface area contributed by atoms with E-state index in [1.54, 1.807) is 0 Å². The van der Waals surface area contributed by atoms with Crippen LogP contribution in [0.1, 0.15) is 114 Å². The van der Waals surface area contributed by atoms with Gasteiger partial charge in [-0.3, -0.25) is 0 Å². The van der Waals surface area contributed by atoms with Crippen LogP contribution < -0.4 is 0 Å². The molecule has 12 nitrogen and oxygen atoms in total.